The fraction of sp³-hybridized carbons (Fsp3) is 0.600. The molecule has 1 saturated carbocycles. The molecule has 0 heterocycles. The van der Waals surface area contributed by atoms with Crippen LogP contribution in [-0.2, 0) is 6.42 Å². The molecule has 6 heteroatoms. The van der Waals surface area contributed by atoms with E-state index in [9.17, 15) is 22.7 Å². The number of aliphatic hydroxyl groups is 1. The van der Waals surface area contributed by atoms with Gasteiger partial charge in [-0.25, -0.2) is 4.39 Å². The summed E-state index contributed by atoms with van der Waals surface area (Å²) in [6.07, 6.45) is -3.50. The van der Waals surface area contributed by atoms with Gasteiger partial charge in [0.2, 0.25) is 0 Å². The second kappa shape index (κ2) is 6.65. The molecule has 0 aromatic heterocycles. The predicted octanol–water partition coefficient (Wildman–Crippen LogP) is 4.86. The van der Waals surface area contributed by atoms with Crippen LogP contribution in [0.3, 0.4) is 0 Å². The van der Waals surface area contributed by atoms with E-state index in [4.69, 9.17) is 0 Å². The molecule has 1 N–H and O–H groups in total. The third-order valence-electron chi connectivity index (χ3n) is 4.16. The Kier molecular flexibility index (Phi) is 5.30. The van der Waals surface area contributed by atoms with E-state index in [0.717, 1.165) is 0 Å². The second-order valence-corrected chi connectivity index (χ2v) is 6.47. The molecular weight excluding hydrogens is 352 g/mol. The fourth-order valence-corrected chi connectivity index (χ4v) is 3.51. The Hall–Kier alpha value is -0.620. The minimum absolute atomic E-state index is 0.0817. The quantitative estimate of drug-likeness (QED) is 0.755. The van der Waals surface area contributed by atoms with Gasteiger partial charge in [0, 0.05) is 0 Å². The van der Waals surface area contributed by atoms with Gasteiger partial charge in [0.15, 0.2) is 0 Å². The van der Waals surface area contributed by atoms with Crippen LogP contribution >= 0.6 is 15.9 Å². The van der Waals surface area contributed by atoms with Gasteiger partial charge in [-0.2, -0.15) is 13.2 Å². The molecule has 1 nitrogen and oxygen atoms in total. The number of hydrogen-bond donors (Lipinski definition) is 1. The Labute approximate surface area is 129 Å². The molecule has 0 spiro atoms. The van der Waals surface area contributed by atoms with Crippen LogP contribution in [0.2, 0.25) is 0 Å². The van der Waals surface area contributed by atoms with Crippen LogP contribution in [-0.4, -0.2) is 17.4 Å². The van der Waals surface area contributed by atoms with E-state index in [0.29, 0.717) is 24.8 Å². The van der Waals surface area contributed by atoms with Crippen molar-refractivity contribution in [3.05, 3.63) is 34.1 Å². The highest BCUT2D eigenvalue weighted by Crippen LogP contribution is 2.43. The van der Waals surface area contributed by atoms with Gasteiger partial charge in [-0.3, -0.25) is 0 Å². The van der Waals surface area contributed by atoms with Crippen molar-refractivity contribution < 1.29 is 22.7 Å². The minimum Gasteiger partial charge on any atom is -0.392 e. The molecule has 0 bridgehead atoms. The summed E-state index contributed by atoms with van der Waals surface area (Å²) in [6.45, 7) is 0. The first-order valence-corrected chi connectivity index (χ1v) is 7.77. The lowest BCUT2D eigenvalue weighted by Crippen LogP contribution is -2.40. The van der Waals surface area contributed by atoms with E-state index in [1.807, 2.05) is 0 Å². The van der Waals surface area contributed by atoms with Crippen LogP contribution in [0.5, 0.6) is 0 Å². The Morgan fingerprint density at radius 3 is 2.52 bits per heavy atom. The second-order valence-electron chi connectivity index (χ2n) is 5.62. The van der Waals surface area contributed by atoms with Crippen LogP contribution in [0.15, 0.2) is 22.7 Å². The number of hydrogen-bond acceptors (Lipinski definition) is 1. The van der Waals surface area contributed by atoms with E-state index in [2.05, 4.69) is 15.9 Å². The number of benzene rings is 1. The zero-order valence-electron chi connectivity index (χ0n) is 11.3. The summed E-state index contributed by atoms with van der Waals surface area (Å²) in [7, 11) is 0. The smallest absolute Gasteiger partial charge is 0.392 e. The summed E-state index contributed by atoms with van der Waals surface area (Å²) < 4.78 is 52.5. The average molecular weight is 369 g/mol. The first-order chi connectivity index (χ1) is 9.79. The minimum atomic E-state index is -4.27. The van der Waals surface area contributed by atoms with Gasteiger partial charge >= 0.3 is 6.18 Å². The molecule has 3 unspecified atom stereocenters. The molecule has 1 aromatic rings. The van der Waals surface area contributed by atoms with Crippen molar-refractivity contribution >= 4 is 15.9 Å². The zero-order chi connectivity index (χ0) is 15.6. The first kappa shape index (κ1) is 16.7. The van der Waals surface area contributed by atoms with Crippen LogP contribution < -0.4 is 0 Å². The highest BCUT2D eigenvalue weighted by Gasteiger charge is 2.47. The van der Waals surface area contributed by atoms with E-state index in [1.165, 1.54) is 18.2 Å². The molecule has 3 atom stereocenters. The highest BCUT2D eigenvalue weighted by molar-refractivity contribution is 9.10. The van der Waals surface area contributed by atoms with Crippen LogP contribution in [0.1, 0.15) is 31.2 Å². The Bertz CT molecular complexity index is 489. The summed E-state index contributed by atoms with van der Waals surface area (Å²) in [5.74, 6) is -2.65. The molecule has 1 aromatic carbocycles. The topological polar surface area (TPSA) is 20.2 Å². The molecule has 0 aliphatic heterocycles. The van der Waals surface area contributed by atoms with E-state index < -0.39 is 29.9 Å². The first-order valence-electron chi connectivity index (χ1n) is 6.97. The van der Waals surface area contributed by atoms with Crippen molar-refractivity contribution in [3.8, 4) is 0 Å². The largest absolute Gasteiger partial charge is 0.392 e. The van der Waals surface area contributed by atoms with Gasteiger partial charge in [-0.05, 0) is 58.8 Å². The average Bonchev–Trinajstić information content (AvgIpc) is 2.42. The number of alkyl halides is 3. The van der Waals surface area contributed by atoms with Crippen LogP contribution in [0, 0.1) is 17.7 Å². The van der Waals surface area contributed by atoms with Gasteiger partial charge < -0.3 is 5.11 Å². The van der Waals surface area contributed by atoms with Crippen LogP contribution in [0.4, 0.5) is 17.6 Å². The van der Waals surface area contributed by atoms with Crippen LogP contribution in [0.25, 0.3) is 0 Å². The number of rotatable bonds is 3. The molecule has 1 aliphatic rings. The maximum atomic E-state index is 13.2. The summed E-state index contributed by atoms with van der Waals surface area (Å²) >= 11 is 3.04. The van der Waals surface area contributed by atoms with Crippen molar-refractivity contribution in [2.75, 3.05) is 0 Å². The zero-order valence-corrected chi connectivity index (χ0v) is 12.9. The molecule has 1 fully saturated rings. The fourth-order valence-electron chi connectivity index (χ4n) is 3.09. The summed E-state index contributed by atoms with van der Waals surface area (Å²) in [6, 6.07) is 4.24. The maximum absolute atomic E-state index is 13.2. The molecule has 2 rings (SSSR count). The van der Waals surface area contributed by atoms with Gasteiger partial charge in [-0.1, -0.05) is 18.9 Å². The van der Waals surface area contributed by atoms with Gasteiger partial charge in [0.25, 0.3) is 0 Å². The molecule has 21 heavy (non-hydrogen) atoms. The summed E-state index contributed by atoms with van der Waals surface area (Å²) in [5, 5.41) is 10.2. The standard InChI is InChI=1S/C15H17BrF4O/c16-12-7-9(5-6-13(12)17)8-14(21)10-3-1-2-4-11(10)15(18,19)20/h5-7,10-11,14,21H,1-4,8H2. The third-order valence-corrected chi connectivity index (χ3v) is 4.77. The highest BCUT2D eigenvalue weighted by atomic mass is 79.9. The third kappa shape index (κ3) is 4.19. The lowest BCUT2D eigenvalue weighted by molar-refractivity contribution is -0.206. The molecule has 0 radical (unpaired) electrons. The van der Waals surface area contributed by atoms with Crippen molar-refractivity contribution in [2.45, 2.75) is 44.4 Å². The van der Waals surface area contributed by atoms with E-state index in [1.54, 1.807) is 0 Å². The van der Waals surface area contributed by atoms with E-state index >= 15 is 0 Å². The predicted molar refractivity (Wildman–Crippen MR) is 75.3 cm³/mol. The normalized spacial score (nSPS) is 24.9. The van der Waals surface area contributed by atoms with Gasteiger partial charge in [-0.15, -0.1) is 0 Å². The number of aliphatic hydroxyl groups excluding tert-OH is 1. The van der Waals surface area contributed by atoms with Gasteiger partial charge in [0.05, 0.1) is 16.5 Å². The molecule has 0 saturated heterocycles. The SMILES string of the molecule is OC(Cc1ccc(F)c(Br)c1)C1CCCCC1C(F)(F)F. The van der Waals surface area contributed by atoms with Crippen molar-refractivity contribution in [1.29, 1.82) is 0 Å². The summed E-state index contributed by atoms with van der Waals surface area (Å²) in [4.78, 5) is 0. The van der Waals surface area contributed by atoms with E-state index in [-0.39, 0.29) is 17.3 Å². The lowest BCUT2D eigenvalue weighted by Gasteiger charge is -2.36. The molecular formula is C15H17BrF4O. The summed E-state index contributed by atoms with van der Waals surface area (Å²) in [5.41, 5.74) is 0.627. The van der Waals surface area contributed by atoms with Crippen molar-refractivity contribution in [1.82, 2.24) is 0 Å². The van der Waals surface area contributed by atoms with Crippen molar-refractivity contribution in [3.63, 3.8) is 0 Å². The Morgan fingerprint density at radius 1 is 1.24 bits per heavy atom. The van der Waals surface area contributed by atoms with Gasteiger partial charge in [0.1, 0.15) is 5.82 Å². The molecule has 1 aliphatic carbocycles. The maximum Gasteiger partial charge on any atom is 0.392 e. The molecule has 118 valence electrons. The number of halogens is 5. The monoisotopic (exact) mass is 368 g/mol. The molecule has 0 amide bonds. The lowest BCUT2D eigenvalue weighted by atomic mass is 9.74. The Morgan fingerprint density at radius 2 is 1.90 bits per heavy atom. The Balaban J connectivity index is 2.10. The van der Waals surface area contributed by atoms with Crippen molar-refractivity contribution in [2.24, 2.45) is 11.8 Å².